The van der Waals surface area contributed by atoms with Crippen LogP contribution in [0.3, 0.4) is 0 Å². The highest BCUT2D eigenvalue weighted by molar-refractivity contribution is 6.34. The van der Waals surface area contributed by atoms with Crippen molar-refractivity contribution >= 4 is 29.2 Å². The molecule has 0 aliphatic heterocycles. The molecule has 1 aromatic rings. The summed E-state index contributed by atoms with van der Waals surface area (Å²) in [7, 11) is 0. The lowest BCUT2D eigenvalue weighted by Crippen LogP contribution is -2.07. The van der Waals surface area contributed by atoms with Crippen LogP contribution in [0.4, 0.5) is 0 Å². The van der Waals surface area contributed by atoms with E-state index in [9.17, 15) is 4.79 Å². The molecule has 25 heavy (non-hydrogen) atoms. The molecule has 0 radical (unpaired) electrons. The van der Waals surface area contributed by atoms with Gasteiger partial charge in [0.25, 0.3) is 0 Å². The predicted molar refractivity (Wildman–Crippen MR) is 101 cm³/mol. The Labute approximate surface area is 159 Å². The number of carboxylic acid groups (broad SMARTS) is 1. The van der Waals surface area contributed by atoms with E-state index in [0.717, 1.165) is 25.7 Å². The predicted octanol–water partition coefficient (Wildman–Crippen LogP) is 5.75. The Kier molecular flexibility index (Phi) is 8.18. The number of allylic oxidation sites excluding steroid dienone is 2. The van der Waals surface area contributed by atoms with Crippen molar-refractivity contribution in [2.45, 2.75) is 44.9 Å². The smallest absolute Gasteiger partial charge is 0.303 e. The maximum absolute atomic E-state index is 10.4. The summed E-state index contributed by atoms with van der Waals surface area (Å²) in [5.41, 5.74) is 1.37. The molecule has 5 heteroatoms. The molecule has 134 valence electrons. The monoisotopic (exact) mass is 380 g/mol. The van der Waals surface area contributed by atoms with Crippen molar-refractivity contribution in [2.75, 3.05) is 6.61 Å². The van der Waals surface area contributed by atoms with E-state index in [0.29, 0.717) is 41.2 Å². The lowest BCUT2D eigenvalue weighted by atomic mass is 9.96. The third-order valence-electron chi connectivity index (χ3n) is 4.13. The average Bonchev–Trinajstić information content (AvgIpc) is 2.97. The molecule has 0 bridgehead atoms. The Bertz CT molecular complexity index is 666. The summed E-state index contributed by atoms with van der Waals surface area (Å²) < 4.78 is 5.77. The number of carboxylic acids is 1. The van der Waals surface area contributed by atoms with Crippen LogP contribution >= 0.6 is 23.2 Å². The minimum Gasteiger partial charge on any atom is -0.493 e. The van der Waals surface area contributed by atoms with E-state index < -0.39 is 5.97 Å². The average molecular weight is 381 g/mol. The summed E-state index contributed by atoms with van der Waals surface area (Å²) in [4.78, 5) is 10.4. The van der Waals surface area contributed by atoms with Gasteiger partial charge in [-0.05, 0) is 49.8 Å². The molecule has 0 spiro atoms. The molecular formula is C20H22Cl2O3. The highest BCUT2D eigenvalue weighted by Crippen LogP contribution is 2.31. The van der Waals surface area contributed by atoms with Gasteiger partial charge in [0.1, 0.15) is 5.75 Å². The number of hydrogen-bond acceptors (Lipinski definition) is 2. The zero-order valence-corrected chi connectivity index (χ0v) is 15.6. The molecule has 1 N–H and O–H groups in total. The number of unbranched alkanes of at least 4 members (excludes halogenated alkanes) is 1. The maximum atomic E-state index is 10.4. The van der Waals surface area contributed by atoms with Gasteiger partial charge < -0.3 is 9.84 Å². The van der Waals surface area contributed by atoms with Crippen LogP contribution in [0.1, 0.15) is 44.9 Å². The van der Waals surface area contributed by atoms with E-state index in [1.807, 2.05) is 0 Å². The number of aliphatic carboxylic acids is 1. The van der Waals surface area contributed by atoms with Crippen molar-refractivity contribution in [3.63, 3.8) is 0 Å². The second-order valence-electron chi connectivity index (χ2n) is 6.07. The van der Waals surface area contributed by atoms with Gasteiger partial charge >= 0.3 is 5.97 Å². The first-order valence-corrected chi connectivity index (χ1v) is 9.25. The van der Waals surface area contributed by atoms with Gasteiger partial charge in [-0.2, -0.15) is 0 Å². The van der Waals surface area contributed by atoms with Crippen molar-refractivity contribution < 1.29 is 14.6 Å². The normalized spacial score (nSPS) is 16.1. The number of carbonyl (C=O) groups is 1. The molecule has 0 saturated heterocycles. The lowest BCUT2D eigenvalue weighted by Gasteiger charge is -2.14. The summed E-state index contributed by atoms with van der Waals surface area (Å²) in [5, 5.41) is 9.73. The van der Waals surface area contributed by atoms with Crippen LogP contribution in [0.5, 0.6) is 5.75 Å². The molecule has 3 nitrogen and oxygen atoms in total. The van der Waals surface area contributed by atoms with Crippen LogP contribution < -0.4 is 4.74 Å². The highest BCUT2D eigenvalue weighted by atomic mass is 35.5. The van der Waals surface area contributed by atoms with E-state index in [1.54, 1.807) is 18.2 Å². The first-order chi connectivity index (χ1) is 12.0. The molecule has 0 fully saturated rings. The van der Waals surface area contributed by atoms with Crippen LogP contribution in [-0.4, -0.2) is 17.7 Å². The fraction of sp³-hybridized carbons (Fsp3) is 0.450. The van der Waals surface area contributed by atoms with Crippen molar-refractivity contribution in [2.24, 2.45) is 5.92 Å². The fourth-order valence-corrected chi connectivity index (χ4v) is 3.39. The van der Waals surface area contributed by atoms with E-state index in [4.69, 9.17) is 33.0 Å². The van der Waals surface area contributed by atoms with Gasteiger partial charge in [-0.3, -0.25) is 4.79 Å². The SMILES string of the molecule is O=C(O)CCCC#CCC1=CCC[C@@H]1CCOc1cc(Cl)cc(Cl)c1. The third kappa shape index (κ3) is 7.42. The van der Waals surface area contributed by atoms with Crippen LogP contribution in [0.15, 0.2) is 29.8 Å². The zero-order valence-electron chi connectivity index (χ0n) is 14.1. The number of rotatable bonds is 8. The van der Waals surface area contributed by atoms with E-state index in [2.05, 4.69) is 17.9 Å². The second-order valence-corrected chi connectivity index (χ2v) is 6.95. The van der Waals surface area contributed by atoms with Gasteiger partial charge in [-0.15, -0.1) is 5.92 Å². The largest absolute Gasteiger partial charge is 0.493 e. The van der Waals surface area contributed by atoms with Gasteiger partial charge in [-0.25, -0.2) is 0 Å². The fourth-order valence-electron chi connectivity index (χ4n) is 2.88. The Morgan fingerprint density at radius 3 is 2.72 bits per heavy atom. The van der Waals surface area contributed by atoms with E-state index in [-0.39, 0.29) is 6.42 Å². The first-order valence-electron chi connectivity index (χ1n) is 8.50. The minimum atomic E-state index is -0.763. The molecule has 1 aromatic carbocycles. The standard InChI is InChI=1S/C20H22Cl2O3/c21-17-12-18(22)14-19(13-17)25-11-10-16-8-5-7-15(16)6-3-1-2-4-9-20(23)24/h7,12-14,16H,2,4-6,8-11H2,(H,23,24)/t16-/m1/s1. The molecule has 0 amide bonds. The number of ether oxygens (including phenoxy) is 1. The van der Waals surface area contributed by atoms with Crippen LogP contribution in [0.2, 0.25) is 10.0 Å². The van der Waals surface area contributed by atoms with Crippen LogP contribution in [-0.2, 0) is 4.79 Å². The van der Waals surface area contributed by atoms with Crippen LogP contribution in [0, 0.1) is 17.8 Å². The topological polar surface area (TPSA) is 46.5 Å². The van der Waals surface area contributed by atoms with E-state index in [1.165, 1.54) is 5.57 Å². The Balaban J connectivity index is 1.72. The Morgan fingerprint density at radius 2 is 2.00 bits per heavy atom. The minimum absolute atomic E-state index is 0.185. The first kappa shape index (κ1) is 19.7. The molecule has 0 aromatic heterocycles. The molecule has 2 rings (SSSR count). The molecule has 0 heterocycles. The molecule has 0 saturated carbocycles. The van der Waals surface area contributed by atoms with Crippen LogP contribution in [0.25, 0.3) is 0 Å². The van der Waals surface area contributed by atoms with Gasteiger partial charge in [-0.1, -0.05) is 40.8 Å². The zero-order chi connectivity index (χ0) is 18.1. The summed E-state index contributed by atoms with van der Waals surface area (Å²) in [6.07, 6.45) is 7.64. The summed E-state index contributed by atoms with van der Waals surface area (Å²) >= 11 is 11.9. The van der Waals surface area contributed by atoms with Crippen molar-refractivity contribution in [1.29, 1.82) is 0 Å². The van der Waals surface area contributed by atoms with Gasteiger partial charge in [0, 0.05) is 29.3 Å². The van der Waals surface area contributed by atoms with E-state index >= 15 is 0 Å². The molecular weight excluding hydrogens is 359 g/mol. The quantitative estimate of drug-likeness (QED) is 0.354. The molecule has 1 aliphatic carbocycles. The van der Waals surface area contributed by atoms with Crippen molar-refractivity contribution in [3.8, 4) is 17.6 Å². The number of halogens is 2. The molecule has 1 aliphatic rings. The maximum Gasteiger partial charge on any atom is 0.303 e. The summed E-state index contributed by atoms with van der Waals surface area (Å²) in [5.74, 6) is 6.67. The van der Waals surface area contributed by atoms with Crippen molar-refractivity contribution in [3.05, 3.63) is 39.9 Å². The Morgan fingerprint density at radius 1 is 1.24 bits per heavy atom. The molecule has 0 unspecified atom stereocenters. The molecule has 1 atom stereocenters. The Hall–Kier alpha value is -1.63. The lowest BCUT2D eigenvalue weighted by molar-refractivity contribution is -0.137. The summed E-state index contributed by atoms with van der Waals surface area (Å²) in [6, 6.07) is 5.21. The second kappa shape index (κ2) is 10.4. The number of hydrogen-bond donors (Lipinski definition) is 1. The third-order valence-corrected chi connectivity index (χ3v) is 4.56. The summed E-state index contributed by atoms with van der Waals surface area (Å²) in [6.45, 7) is 0.616. The van der Waals surface area contributed by atoms with Gasteiger partial charge in [0.05, 0.1) is 6.61 Å². The highest BCUT2D eigenvalue weighted by Gasteiger charge is 2.18. The van der Waals surface area contributed by atoms with Crippen molar-refractivity contribution in [1.82, 2.24) is 0 Å². The number of benzene rings is 1. The van der Waals surface area contributed by atoms with Gasteiger partial charge in [0.2, 0.25) is 0 Å². The van der Waals surface area contributed by atoms with Gasteiger partial charge in [0.15, 0.2) is 0 Å².